The number of aromatic carboxylic acids is 1. The molecule has 30 heavy (non-hydrogen) atoms. The summed E-state index contributed by atoms with van der Waals surface area (Å²) in [5, 5.41) is 18.5. The largest absolute Gasteiger partial charge is 0.476 e. The normalized spacial score (nSPS) is 11.1. The van der Waals surface area contributed by atoms with Gasteiger partial charge in [0.05, 0.1) is 11.4 Å². The molecule has 1 N–H and O–H groups in total. The van der Waals surface area contributed by atoms with Crippen LogP contribution in [0.3, 0.4) is 0 Å². The first-order chi connectivity index (χ1) is 14.6. The highest BCUT2D eigenvalue weighted by Crippen LogP contribution is 2.35. The van der Waals surface area contributed by atoms with E-state index in [1.54, 1.807) is 10.1 Å². The van der Waals surface area contributed by atoms with E-state index in [1.165, 1.54) is 11.3 Å². The van der Waals surface area contributed by atoms with Crippen LogP contribution < -0.4 is 0 Å². The van der Waals surface area contributed by atoms with Crippen molar-refractivity contribution >= 4 is 28.1 Å². The molecule has 0 saturated heterocycles. The van der Waals surface area contributed by atoms with E-state index >= 15 is 0 Å². The highest BCUT2D eigenvalue weighted by atomic mass is 32.1. The number of hydrogen-bond donors (Lipinski definition) is 1. The van der Waals surface area contributed by atoms with Crippen molar-refractivity contribution < 1.29 is 9.90 Å². The Hall–Kier alpha value is -3.77. The van der Waals surface area contributed by atoms with Crippen LogP contribution in [0, 0.1) is 6.92 Å². The third kappa shape index (κ3) is 3.07. The Labute approximate surface area is 176 Å². The van der Waals surface area contributed by atoms with E-state index in [-0.39, 0.29) is 5.69 Å². The maximum absolute atomic E-state index is 11.4. The van der Waals surface area contributed by atoms with Gasteiger partial charge in [-0.3, -0.25) is 0 Å². The number of rotatable bonds is 4. The van der Waals surface area contributed by atoms with E-state index < -0.39 is 5.97 Å². The summed E-state index contributed by atoms with van der Waals surface area (Å²) < 4.78 is 1.76. The van der Waals surface area contributed by atoms with Gasteiger partial charge in [-0.25, -0.2) is 14.5 Å². The molecule has 3 aromatic carbocycles. The second-order valence-electron chi connectivity index (χ2n) is 6.98. The standard InChI is InChI=1S/C24H17N3O2S/c1-15-21(17-8-3-2-4-9-17)26-27(24-25-20(14-30-24)23(28)29)22(15)19-12-11-16-7-5-6-10-18(16)13-19/h2-14H,1H3,(H,28,29). The van der Waals surface area contributed by atoms with Crippen LogP contribution in [0.4, 0.5) is 0 Å². The minimum atomic E-state index is -1.04. The van der Waals surface area contributed by atoms with E-state index in [1.807, 2.05) is 49.4 Å². The topological polar surface area (TPSA) is 68.0 Å². The van der Waals surface area contributed by atoms with Crippen molar-refractivity contribution in [2.24, 2.45) is 0 Å². The summed E-state index contributed by atoms with van der Waals surface area (Å²) in [7, 11) is 0. The molecule has 0 aliphatic rings. The zero-order valence-corrected chi connectivity index (χ0v) is 16.9. The second-order valence-corrected chi connectivity index (χ2v) is 7.82. The van der Waals surface area contributed by atoms with Crippen molar-refractivity contribution in [2.45, 2.75) is 6.92 Å². The quantitative estimate of drug-likeness (QED) is 0.404. The van der Waals surface area contributed by atoms with E-state index in [0.717, 1.165) is 38.9 Å². The lowest BCUT2D eigenvalue weighted by Gasteiger charge is -2.07. The number of fused-ring (bicyclic) bond motifs is 1. The van der Waals surface area contributed by atoms with Gasteiger partial charge in [-0.15, -0.1) is 11.3 Å². The lowest BCUT2D eigenvalue weighted by Crippen LogP contribution is -2.02. The summed E-state index contributed by atoms with van der Waals surface area (Å²) >= 11 is 1.27. The summed E-state index contributed by atoms with van der Waals surface area (Å²) in [6, 6.07) is 24.5. The number of carboxylic acids is 1. The molecule has 5 rings (SSSR count). The maximum Gasteiger partial charge on any atom is 0.355 e. The van der Waals surface area contributed by atoms with Gasteiger partial charge in [-0.1, -0.05) is 66.7 Å². The molecule has 0 aliphatic heterocycles. The molecule has 0 fully saturated rings. The first-order valence-electron chi connectivity index (χ1n) is 9.45. The Kier molecular flexibility index (Phi) is 4.41. The molecule has 5 aromatic rings. The second kappa shape index (κ2) is 7.24. The summed E-state index contributed by atoms with van der Waals surface area (Å²) in [6.07, 6.45) is 0. The van der Waals surface area contributed by atoms with E-state index in [0.29, 0.717) is 5.13 Å². The summed E-state index contributed by atoms with van der Waals surface area (Å²) in [5.41, 5.74) is 4.81. The van der Waals surface area contributed by atoms with Crippen LogP contribution in [0.2, 0.25) is 0 Å². The Bertz CT molecular complexity index is 1390. The summed E-state index contributed by atoms with van der Waals surface area (Å²) in [5.74, 6) is -1.04. The number of nitrogens with zero attached hydrogens (tertiary/aromatic N) is 3. The molecular weight excluding hydrogens is 394 g/mol. The fraction of sp³-hybridized carbons (Fsp3) is 0.0417. The van der Waals surface area contributed by atoms with Gasteiger partial charge in [-0.05, 0) is 23.8 Å². The highest BCUT2D eigenvalue weighted by molar-refractivity contribution is 7.12. The average Bonchev–Trinajstić information content (AvgIpc) is 3.39. The molecule has 2 heterocycles. The van der Waals surface area contributed by atoms with Crippen LogP contribution in [-0.4, -0.2) is 25.8 Å². The molecule has 6 heteroatoms. The van der Waals surface area contributed by atoms with Crippen LogP contribution in [-0.2, 0) is 0 Å². The average molecular weight is 411 g/mol. The third-order valence-corrected chi connectivity index (χ3v) is 5.90. The van der Waals surface area contributed by atoms with E-state index in [4.69, 9.17) is 5.10 Å². The van der Waals surface area contributed by atoms with Gasteiger partial charge in [0, 0.05) is 22.1 Å². The smallest absolute Gasteiger partial charge is 0.355 e. The lowest BCUT2D eigenvalue weighted by molar-refractivity contribution is 0.0691. The Balaban J connectivity index is 1.76. The van der Waals surface area contributed by atoms with Gasteiger partial charge in [0.2, 0.25) is 5.13 Å². The highest BCUT2D eigenvalue weighted by Gasteiger charge is 2.21. The van der Waals surface area contributed by atoms with Crippen LogP contribution in [0.25, 0.3) is 38.4 Å². The van der Waals surface area contributed by atoms with Crippen molar-refractivity contribution in [2.75, 3.05) is 0 Å². The molecule has 0 atom stereocenters. The molecular formula is C24H17N3O2S. The molecule has 0 amide bonds. The first-order valence-corrected chi connectivity index (χ1v) is 10.3. The number of benzene rings is 3. The maximum atomic E-state index is 11.4. The van der Waals surface area contributed by atoms with Crippen LogP contribution in [0.15, 0.2) is 78.2 Å². The Morgan fingerprint density at radius 1 is 0.933 bits per heavy atom. The van der Waals surface area contributed by atoms with Crippen molar-refractivity contribution in [3.8, 4) is 27.6 Å². The minimum absolute atomic E-state index is 0.0221. The predicted octanol–water partition coefficient (Wildman–Crippen LogP) is 5.82. The van der Waals surface area contributed by atoms with Gasteiger partial charge in [0.1, 0.15) is 0 Å². The fourth-order valence-corrected chi connectivity index (χ4v) is 4.39. The van der Waals surface area contributed by atoms with E-state index in [2.05, 4.69) is 35.3 Å². The van der Waals surface area contributed by atoms with Gasteiger partial charge in [-0.2, -0.15) is 5.10 Å². The number of aromatic nitrogens is 3. The zero-order chi connectivity index (χ0) is 20.7. The minimum Gasteiger partial charge on any atom is -0.476 e. The SMILES string of the molecule is Cc1c(-c2ccccc2)nn(-c2nc(C(=O)O)cs2)c1-c1ccc2ccccc2c1. The van der Waals surface area contributed by atoms with E-state index in [9.17, 15) is 9.90 Å². The van der Waals surface area contributed by atoms with Gasteiger partial charge in [0.25, 0.3) is 0 Å². The summed E-state index contributed by atoms with van der Waals surface area (Å²) in [6.45, 7) is 2.04. The third-order valence-electron chi connectivity index (χ3n) is 5.08. The number of thiazole rings is 1. The monoisotopic (exact) mass is 411 g/mol. The molecule has 0 bridgehead atoms. The molecule has 2 aromatic heterocycles. The van der Waals surface area contributed by atoms with Gasteiger partial charge in [0.15, 0.2) is 5.69 Å². The summed E-state index contributed by atoms with van der Waals surface area (Å²) in [4.78, 5) is 15.7. The van der Waals surface area contributed by atoms with Crippen LogP contribution >= 0.6 is 11.3 Å². The predicted molar refractivity (Wildman–Crippen MR) is 119 cm³/mol. The molecule has 5 nitrogen and oxygen atoms in total. The molecule has 0 saturated carbocycles. The van der Waals surface area contributed by atoms with Crippen molar-refractivity contribution in [1.82, 2.24) is 14.8 Å². The number of hydrogen-bond acceptors (Lipinski definition) is 4. The first kappa shape index (κ1) is 18.3. The zero-order valence-electron chi connectivity index (χ0n) is 16.1. The van der Waals surface area contributed by atoms with Crippen molar-refractivity contribution in [3.63, 3.8) is 0 Å². The number of carboxylic acid groups (broad SMARTS) is 1. The number of carbonyl (C=O) groups is 1. The van der Waals surface area contributed by atoms with Crippen molar-refractivity contribution in [1.29, 1.82) is 0 Å². The molecule has 146 valence electrons. The van der Waals surface area contributed by atoms with Crippen molar-refractivity contribution in [3.05, 3.63) is 89.4 Å². The Morgan fingerprint density at radius 2 is 1.67 bits per heavy atom. The lowest BCUT2D eigenvalue weighted by atomic mass is 10.0. The molecule has 0 aliphatic carbocycles. The molecule has 0 radical (unpaired) electrons. The Morgan fingerprint density at radius 3 is 2.40 bits per heavy atom. The molecule has 0 unspecified atom stereocenters. The van der Waals surface area contributed by atoms with Gasteiger partial charge >= 0.3 is 5.97 Å². The van der Waals surface area contributed by atoms with Crippen LogP contribution in [0.1, 0.15) is 16.1 Å². The van der Waals surface area contributed by atoms with Crippen LogP contribution in [0.5, 0.6) is 0 Å². The fourth-order valence-electron chi connectivity index (χ4n) is 3.64. The van der Waals surface area contributed by atoms with Gasteiger partial charge < -0.3 is 5.11 Å². The molecule has 0 spiro atoms.